The first-order chi connectivity index (χ1) is 13.6. The van der Waals surface area contributed by atoms with Crippen molar-refractivity contribution in [2.45, 2.75) is 26.2 Å². The smallest absolute Gasteiger partial charge is 0.282 e. The highest BCUT2D eigenvalue weighted by molar-refractivity contribution is 6.30. The molecule has 1 aliphatic heterocycles. The summed E-state index contributed by atoms with van der Waals surface area (Å²) in [6.07, 6.45) is 3.38. The van der Waals surface area contributed by atoms with Gasteiger partial charge >= 0.3 is 0 Å². The van der Waals surface area contributed by atoms with Crippen molar-refractivity contribution in [1.82, 2.24) is 29.8 Å². The zero-order chi connectivity index (χ0) is 19.3. The summed E-state index contributed by atoms with van der Waals surface area (Å²) in [4.78, 5) is 22.3. The van der Waals surface area contributed by atoms with Crippen LogP contribution in [0.3, 0.4) is 0 Å². The lowest BCUT2D eigenvalue weighted by Crippen LogP contribution is -2.32. The van der Waals surface area contributed by atoms with Crippen LogP contribution in [0.2, 0.25) is 5.02 Å². The van der Waals surface area contributed by atoms with Gasteiger partial charge in [-0.25, -0.2) is 0 Å². The number of nitrogens with one attached hydrogen (secondary N) is 1. The molecule has 28 heavy (non-hydrogen) atoms. The highest BCUT2D eigenvalue weighted by Crippen LogP contribution is 2.29. The van der Waals surface area contributed by atoms with Crippen molar-refractivity contribution in [2.75, 3.05) is 18.0 Å². The van der Waals surface area contributed by atoms with Crippen molar-refractivity contribution in [1.29, 1.82) is 0 Å². The maximum absolute atomic E-state index is 12.6. The molecule has 4 aromatic rings. The van der Waals surface area contributed by atoms with E-state index in [1.165, 1.54) is 6.42 Å². The number of hydrogen-bond donors (Lipinski definition) is 1. The highest BCUT2D eigenvalue weighted by atomic mass is 35.5. The second-order valence-electron chi connectivity index (χ2n) is 7.02. The van der Waals surface area contributed by atoms with E-state index in [-0.39, 0.29) is 11.1 Å². The van der Waals surface area contributed by atoms with E-state index in [9.17, 15) is 4.79 Å². The van der Waals surface area contributed by atoms with Crippen LogP contribution < -0.4 is 10.5 Å². The minimum absolute atomic E-state index is 0.174. The minimum atomic E-state index is -0.308. The summed E-state index contributed by atoms with van der Waals surface area (Å²) in [5, 5.41) is 13.7. The van der Waals surface area contributed by atoms with Gasteiger partial charge in [0, 0.05) is 18.1 Å². The van der Waals surface area contributed by atoms with Gasteiger partial charge in [0.1, 0.15) is 0 Å². The number of nitrogens with zero attached hydrogens (tertiary/aromatic N) is 6. The van der Waals surface area contributed by atoms with Gasteiger partial charge in [-0.1, -0.05) is 23.7 Å². The van der Waals surface area contributed by atoms with E-state index in [1.54, 1.807) is 4.52 Å². The lowest BCUT2D eigenvalue weighted by atomic mass is 10.1. The molecule has 1 fully saturated rings. The number of anilines is 1. The van der Waals surface area contributed by atoms with Crippen LogP contribution in [0.5, 0.6) is 0 Å². The third-order valence-electron chi connectivity index (χ3n) is 5.11. The SMILES string of the molecule is Cc1nn2c(nnc3c(=O)[nH]c(N4CCCCC4)nc32)c1-c1cccc(Cl)c1. The summed E-state index contributed by atoms with van der Waals surface area (Å²) in [6.45, 7) is 3.65. The van der Waals surface area contributed by atoms with Gasteiger partial charge in [0.2, 0.25) is 5.95 Å². The summed E-state index contributed by atoms with van der Waals surface area (Å²) in [6, 6.07) is 7.51. The van der Waals surface area contributed by atoms with Crippen molar-refractivity contribution < 1.29 is 0 Å². The van der Waals surface area contributed by atoms with Crippen LogP contribution >= 0.6 is 11.6 Å². The molecule has 8 nitrogen and oxygen atoms in total. The van der Waals surface area contributed by atoms with Crippen LogP contribution in [0.4, 0.5) is 5.95 Å². The number of piperidine rings is 1. The molecule has 4 heterocycles. The average Bonchev–Trinajstić information content (AvgIpc) is 3.05. The fourth-order valence-electron chi connectivity index (χ4n) is 3.77. The van der Waals surface area contributed by atoms with Gasteiger partial charge in [-0.05, 0) is 43.9 Å². The summed E-state index contributed by atoms with van der Waals surface area (Å²) < 4.78 is 1.61. The highest BCUT2D eigenvalue weighted by Gasteiger charge is 2.20. The Morgan fingerprint density at radius 3 is 2.71 bits per heavy atom. The predicted molar refractivity (Wildman–Crippen MR) is 108 cm³/mol. The molecule has 0 unspecified atom stereocenters. The molecule has 0 radical (unpaired) electrons. The molecular formula is C19H18ClN7O. The molecule has 9 heteroatoms. The number of aromatic nitrogens is 6. The van der Waals surface area contributed by atoms with Gasteiger partial charge in [-0.2, -0.15) is 14.6 Å². The number of aryl methyl sites for hydroxylation is 1. The average molecular weight is 396 g/mol. The maximum Gasteiger partial charge on any atom is 0.282 e. The lowest BCUT2D eigenvalue weighted by molar-refractivity contribution is 0.568. The molecule has 1 aromatic carbocycles. The van der Waals surface area contributed by atoms with Gasteiger partial charge in [0.25, 0.3) is 5.56 Å². The Hall–Kier alpha value is -3.00. The van der Waals surface area contributed by atoms with Crippen LogP contribution in [0.25, 0.3) is 27.9 Å². The van der Waals surface area contributed by atoms with Gasteiger partial charge in [0.05, 0.1) is 11.3 Å². The first-order valence-corrected chi connectivity index (χ1v) is 9.66. The van der Waals surface area contributed by atoms with Crippen LogP contribution in [0, 0.1) is 6.92 Å². The Balaban J connectivity index is 1.76. The Bertz CT molecular complexity index is 1260. The number of H-pyrrole nitrogens is 1. The molecule has 0 bridgehead atoms. The van der Waals surface area contributed by atoms with Crippen LogP contribution in [-0.2, 0) is 0 Å². The molecule has 1 saturated heterocycles. The molecule has 142 valence electrons. The molecule has 1 N–H and O–H groups in total. The lowest BCUT2D eigenvalue weighted by Gasteiger charge is -2.26. The first-order valence-electron chi connectivity index (χ1n) is 9.29. The molecule has 3 aromatic heterocycles. The summed E-state index contributed by atoms with van der Waals surface area (Å²) >= 11 is 6.16. The van der Waals surface area contributed by atoms with E-state index in [4.69, 9.17) is 16.6 Å². The van der Waals surface area contributed by atoms with Crippen molar-refractivity contribution >= 4 is 34.4 Å². The number of hydrogen-bond acceptors (Lipinski definition) is 6. The topological polar surface area (TPSA) is 92.1 Å². The minimum Gasteiger partial charge on any atom is -0.342 e. The second kappa shape index (κ2) is 6.56. The summed E-state index contributed by atoms with van der Waals surface area (Å²) in [5.41, 5.74) is 3.32. The number of benzene rings is 1. The quantitative estimate of drug-likeness (QED) is 0.561. The number of halogens is 1. The van der Waals surface area contributed by atoms with Crippen molar-refractivity contribution in [2.24, 2.45) is 0 Å². The fourth-order valence-corrected chi connectivity index (χ4v) is 3.96. The molecule has 0 atom stereocenters. The van der Waals surface area contributed by atoms with E-state index >= 15 is 0 Å². The zero-order valence-electron chi connectivity index (χ0n) is 15.3. The molecular weight excluding hydrogens is 378 g/mol. The van der Waals surface area contributed by atoms with Crippen LogP contribution in [0.15, 0.2) is 29.1 Å². The Morgan fingerprint density at radius 1 is 1.11 bits per heavy atom. The van der Waals surface area contributed by atoms with Crippen molar-refractivity contribution in [3.8, 4) is 11.1 Å². The molecule has 1 aliphatic rings. The van der Waals surface area contributed by atoms with Gasteiger partial charge in [0.15, 0.2) is 16.8 Å². The first kappa shape index (κ1) is 17.1. The monoisotopic (exact) mass is 395 g/mol. The number of rotatable bonds is 2. The number of aromatic amines is 1. The second-order valence-corrected chi connectivity index (χ2v) is 7.45. The van der Waals surface area contributed by atoms with Crippen molar-refractivity contribution in [3.63, 3.8) is 0 Å². The van der Waals surface area contributed by atoms with Gasteiger partial charge in [-0.15, -0.1) is 10.2 Å². The third kappa shape index (κ3) is 2.72. The largest absolute Gasteiger partial charge is 0.342 e. The van der Waals surface area contributed by atoms with E-state index < -0.39 is 0 Å². The molecule has 0 saturated carbocycles. The summed E-state index contributed by atoms with van der Waals surface area (Å²) in [7, 11) is 0. The standard InChI is InChI=1S/C19H18ClN7O/c1-11-14(12-6-5-7-13(20)10-12)16-24-23-15-17(27(16)25-11)21-19(22-18(15)28)26-8-3-2-4-9-26/h5-7,10H,2-4,8-9H2,1H3,(H,21,22,28). The van der Waals surface area contributed by atoms with E-state index in [2.05, 4.69) is 25.2 Å². The maximum atomic E-state index is 12.6. The van der Waals surface area contributed by atoms with Gasteiger partial charge in [-0.3, -0.25) is 9.78 Å². The van der Waals surface area contributed by atoms with Crippen LogP contribution in [0.1, 0.15) is 25.0 Å². The Morgan fingerprint density at radius 2 is 1.93 bits per heavy atom. The van der Waals surface area contributed by atoms with E-state index in [0.29, 0.717) is 22.3 Å². The molecule has 0 amide bonds. The predicted octanol–water partition coefficient (Wildman–Crippen LogP) is 2.98. The Labute approximate surface area is 165 Å². The summed E-state index contributed by atoms with van der Waals surface area (Å²) in [5.74, 6) is 0.559. The van der Waals surface area contributed by atoms with Gasteiger partial charge < -0.3 is 4.90 Å². The van der Waals surface area contributed by atoms with Crippen molar-refractivity contribution in [3.05, 3.63) is 45.3 Å². The third-order valence-corrected chi connectivity index (χ3v) is 5.35. The van der Waals surface area contributed by atoms with Crippen LogP contribution in [-0.4, -0.2) is 42.9 Å². The Kier molecular flexibility index (Phi) is 4.01. The molecule has 0 spiro atoms. The van der Waals surface area contributed by atoms with E-state index in [0.717, 1.165) is 42.8 Å². The van der Waals surface area contributed by atoms with E-state index in [1.807, 2.05) is 31.2 Å². The normalized spacial score (nSPS) is 14.9. The number of fused-ring (bicyclic) bond motifs is 3. The molecule has 0 aliphatic carbocycles. The molecule has 5 rings (SSSR count). The zero-order valence-corrected chi connectivity index (χ0v) is 16.1. The fraction of sp³-hybridized carbons (Fsp3) is 0.316.